The lowest BCUT2D eigenvalue weighted by molar-refractivity contribution is 0.789. The van der Waals surface area contributed by atoms with Gasteiger partial charge in [0.25, 0.3) is 0 Å². The average Bonchev–Trinajstić information content (AvgIpc) is 2.03. The molecule has 1 aromatic rings. The summed E-state index contributed by atoms with van der Waals surface area (Å²) in [7, 11) is 0. The highest BCUT2D eigenvalue weighted by atomic mass is 35.5. The third kappa shape index (κ3) is 2.37. The summed E-state index contributed by atoms with van der Waals surface area (Å²) in [5.41, 5.74) is 4.66. The minimum atomic E-state index is 0.544. The molecular weight excluding hydrogens is 174 g/mol. The summed E-state index contributed by atoms with van der Waals surface area (Å²) in [5.74, 6) is 5.12. The molecule has 0 bridgehead atoms. The van der Waals surface area contributed by atoms with Gasteiger partial charge in [-0.15, -0.1) is 0 Å². The Morgan fingerprint density at radius 3 is 2.83 bits per heavy atom. The number of hydrogen-bond acceptors (Lipinski definition) is 3. The zero-order chi connectivity index (χ0) is 8.97. The lowest BCUT2D eigenvalue weighted by atomic mass is 10.2. The Morgan fingerprint density at radius 1 is 1.50 bits per heavy atom. The van der Waals surface area contributed by atoms with E-state index in [9.17, 15) is 0 Å². The van der Waals surface area contributed by atoms with E-state index < -0.39 is 0 Å². The van der Waals surface area contributed by atoms with Crippen molar-refractivity contribution in [2.24, 2.45) is 5.84 Å². The van der Waals surface area contributed by atoms with Crippen LogP contribution in [-0.2, 0) is 0 Å². The molecule has 0 saturated carbocycles. The van der Waals surface area contributed by atoms with Crippen LogP contribution in [0.4, 0.5) is 5.69 Å². The summed E-state index contributed by atoms with van der Waals surface area (Å²) in [6, 6.07) is 5.67. The van der Waals surface area contributed by atoms with E-state index in [4.69, 9.17) is 17.4 Å². The Bertz CT molecular complexity index is 262. The molecule has 0 spiro atoms. The van der Waals surface area contributed by atoms with Crippen LogP contribution in [0, 0.1) is 6.92 Å². The van der Waals surface area contributed by atoms with Gasteiger partial charge in [-0.2, -0.15) is 0 Å². The fraction of sp³-hybridized carbons (Fsp3) is 0.250. The van der Waals surface area contributed by atoms with E-state index in [0.29, 0.717) is 6.67 Å². The van der Waals surface area contributed by atoms with Crippen molar-refractivity contribution < 1.29 is 0 Å². The van der Waals surface area contributed by atoms with Gasteiger partial charge in [-0.3, -0.25) is 5.84 Å². The molecule has 4 heteroatoms. The smallest absolute Gasteiger partial charge is 0.0780 e. The van der Waals surface area contributed by atoms with Crippen LogP contribution >= 0.6 is 11.6 Å². The van der Waals surface area contributed by atoms with Gasteiger partial charge in [-0.25, -0.2) is 5.43 Å². The molecule has 0 saturated heterocycles. The largest absolute Gasteiger partial charge is 0.371 e. The highest BCUT2D eigenvalue weighted by molar-refractivity contribution is 6.30. The average molecular weight is 186 g/mol. The molecule has 0 amide bonds. The van der Waals surface area contributed by atoms with Gasteiger partial charge < -0.3 is 5.32 Å². The molecule has 0 radical (unpaired) electrons. The van der Waals surface area contributed by atoms with Gasteiger partial charge >= 0.3 is 0 Å². The second kappa shape index (κ2) is 4.30. The molecule has 0 aliphatic heterocycles. The molecule has 4 N–H and O–H groups in total. The van der Waals surface area contributed by atoms with Gasteiger partial charge in [0.15, 0.2) is 0 Å². The first-order chi connectivity index (χ1) is 5.74. The monoisotopic (exact) mass is 185 g/mol. The van der Waals surface area contributed by atoms with Crippen LogP contribution in [0.25, 0.3) is 0 Å². The van der Waals surface area contributed by atoms with Crippen LogP contribution in [0.5, 0.6) is 0 Å². The van der Waals surface area contributed by atoms with E-state index in [1.807, 2.05) is 25.1 Å². The van der Waals surface area contributed by atoms with Crippen molar-refractivity contribution in [1.29, 1.82) is 0 Å². The number of rotatable bonds is 3. The molecule has 0 atom stereocenters. The molecule has 0 aromatic heterocycles. The number of anilines is 1. The van der Waals surface area contributed by atoms with Crippen molar-refractivity contribution >= 4 is 17.3 Å². The maximum atomic E-state index is 5.78. The van der Waals surface area contributed by atoms with Crippen molar-refractivity contribution in [3.8, 4) is 0 Å². The standard InChI is InChI=1S/C8H12ClN3/c1-6-4-7(9)2-3-8(6)11-5-12-10/h2-4,11-12H,5,10H2,1H3. The number of hydrazine groups is 1. The third-order valence-corrected chi connectivity index (χ3v) is 1.80. The molecule has 12 heavy (non-hydrogen) atoms. The van der Waals surface area contributed by atoms with E-state index in [-0.39, 0.29) is 0 Å². The Balaban J connectivity index is 2.72. The quantitative estimate of drug-likeness (QED) is 0.380. The number of aryl methyl sites for hydroxylation is 1. The number of nitrogens with two attached hydrogens (primary N) is 1. The zero-order valence-corrected chi connectivity index (χ0v) is 7.65. The van der Waals surface area contributed by atoms with Crippen LogP contribution in [0.3, 0.4) is 0 Å². The van der Waals surface area contributed by atoms with Gasteiger partial charge in [0.2, 0.25) is 0 Å². The first kappa shape index (κ1) is 9.32. The van der Waals surface area contributed by atoms with Crippen molar-refractivity contribution in [3.63, 3.8) is 0 Å². The maximum absolute atomic E-state index is 5.78. The number of hydrogen-bond donors (Lipinski definition) is 3. The number of halogens is 1. The van der Waals surface area contributed by atoms with E-state index in [2.05, 4.69) is 10.7 Å². The van der Waals surface area contributed by atoms with Crippen LogP contribution in [0.2, 0.25) is 5.02 Å². The van der Waals surface area contributed by atoms with Crippen molar-refractivity contribution in [2.75, 3.05) is 12.0 Å². The Kier molecular flexibility index (Phi) is 3.34. The molecule has 1 aromatic carbocycles. The zero-order valence-electron chi connectivity index (χ0n) is 6.89. The van der Waals surface area contributed by atoms with Gasteiger partial charge in [-0.05, 0) is 30.7 Å². The summed E-state index contributed by atoms with van der Waals surface area (Å²) >= 11 is 5.78. The summed E-state index contributed by atoms with van der Waals surface area (Å²) < 4.78 is 0. The van der Waals surface area contributed by atoms with E-state index in [1.54, 1.807) is 0 Å². The van der Waals surface area contributed by atoms with E-state index in [0.717, 1.165) is 16.3 Å². The molecule has 0 heterocycles. The molecule has 0 unspecified atom stereocenters. The highest BCUT2D eigenvalue weighted by Crippen LogP contribution is 2.18. The van der Waals surface area contributed by atoms with Gasteiger partial charge in [0, 0.05) is 10.7 Å². The van der Waals surface area contributed by atoms with E-state index in [1.165, 1.54) is 0 Å². The summed E-state index contributed by atoms with van der Waals surface area (Å²) in [5, 5.41) is 3.84. The first-order valence-electron chi connectivity index (χ1n) is 3.67. The number of nitrogens with one attached hydrogen (secondary N) is 2. The lowest BCUT2D eigenvalue weighted by Crippen LogP contribution is -2.28. The second-order valence-electron chi connectivity index (χ2n) is 2.52. The minimum Gasteiger partial charge on any atom is -0.371 e. The fourth-order valence-corrected chi connectivity index (χ4v) is 1.20. The van der Waals surface area contributed by atoms with E-state index >= 15 is 0 Å². The third-order valence-electron chi connectivity index (χ3n) is 1.57. The van der Waals surface area contributed by atoms with Gasteiger partial charge in [-0.1, -0.05) is 11.6 Å². The van der Waals surface area contributed by atoms with Crippen LogP contribution in [-0.4, -0.2) is 6.67 Å². The van der Waals surface area contributed by atoms with Gasteiger partial charge in [0.1, 0.15) is 0 Å². The summed E-state index contributed by atoms with van der Waals surface area (Å²) in [6.45, 7) is 2.53. The van der Waals surface area contributed by atoms with Crippen LogP contribution in [0.1, 0.15) is 5.56 Å². The Labute approximate surface area is 76.9 Å². The summed E-state index contributed by atoms with van der Waals surface area (Å²) in [4.78, 5) is 0. The Morgan fingerprint density at radius 2 is 2.25 bits per heavy atom. The summed E-state index contributed by atoms with van der Waals surface area (Å²) in [6.07, 6.45) is 0. The molecular formula is C8H12ClN3. The van der Waals surface area contributed by atoms with Crippen LogP contribution < -0.4 is 16.6 Å². The molecule has 66 valence electrons. The fourth-order valence-electron chi connectivity index (χ4n) is 0.972. The van der Waals surface area contributed by atoms with Crippen LogP contribution in [0.15, 0.2) is 18.2 Å². The predicted molar refractivity (Wildman–Crippen MR) is 52.0 cm³/mol. The topological polar surface area (TPSA) is 50.1 Å². The number of benzene rings is 1. The molecule has 3 nitrogen and oxygen atoms in total. The molecule has 0 aliphatic rings. The normalized spacial score (nSPS) is 9.92. The van der Waals surface area contributed by atoms with Crippen molar-refractivity contribution in [3.05, 3.63) is 28.8 Å². The molecule has 0 aliphatic carbocycles. The Hall–Kier alpha value is -0.770. The second-order valence-corrected chi connectivity index (χ2v) is 2.95. The molecule has 0 fully saturated rings. The predicted octanol–water partition coefficient (Wildman–Crippen LogP) is 1.48. The van der Waals surface area contributed by atoms with Crippen molar-refractivity contribution in [1.82, 2.24) is 5.43 Å². The SMILES string of the molecule is Cc1cc(Cl)ccc1NCNN. The lowest BCUT2D eigenvalue weighted by Gasteiger charge is -2.08. The highest BCUT2D eigenvalue weighted by Gasteiger charge is 1.96. The first-order valence-corrected chi connectivity index (χ1v) is 4.05. The van der Waals surface area contributed by atoms with Gasteiger partial charge in [0.05, 0.1) is 6.67 Å². The minimum absolute atomic E-state index is 0.544. The maximum Gasteiger partial charge on any atom is 0.0780 e. The van der Waals surface area contributed by atoms with Crippen molar-refractivity contribution in [2.45, 2.75) is 6.92 Å². The molecule has 1 rings (SSSR count).